The first-order valence-corrected chi connectivity index (χ1v) is 10.3. The Morgan fingerprint density at radius 2 is 1.85 bits per heavy atom. The molecular weight excluding hydrogens is 318 g/mol. The fraction of sp³-hybridized carbons (Fsp3) is 0.565. The summed E-state index contributed by atoms with van der Waals surface area (Å²) in [6.07, 6.45) is 6.34. The van der Waals surface area contributed by atoms with Crippen molar-refractivity contribution in [1.82, 2.24) is 9.80 Å². The highest BCUT2D eigenvalue weighted by Crippen LogP contribution is 2.40. The van der Waals surface area contributed by atoms with Crippen LogP contribution in [0.5, 0.6) is 0 Å². The lowest BCUT2D eigenvalue weighted by molar-refractivity contribution is 0.273. The van der Waals surface area contributed by atoms with Gasteiger partial charge in [0.05, 0.1) is 18.1 Å². The molecule has 0 amide bonds. The average molecular weight is 352 g/mol. The first-order valence-electron chi connectivity index (χ1n) is 10.3. The third-order valence-corrected chi connectivity index (χ3v) is 6.26. The van der Waals surface area contributed by atoms with E-state index in [4.69, 9.17) is 0 Å². The van der Waals surface area contributed by atoms with Crippen molar-refractivity contribution in [3.8, 4) is 0 Å². The molecule has 2 heterocycles. The fourth-order valence-corrected chi connectivity index (χ4v) is 4.46. The third kappa shape index (κ3) is 3.13. The average Bonchev–Trinajstić information content (AvgIpc) is 3.05. The van der Waals surface area contributed by atoms with Gasteiger partial charge >= 0.3 is 0 Å². The number of allylic oxidation sites excluding steroid dienone is 2. The van der Waals surface area contributed by atoms with Gasteiger partial charge in [-0.2, -0.15) is 0 Å². The molecule has 0 spiro atoms. The Balaban J connectivity index is 1.45. The second-order valence-corrected chi connectivity index (χ2v) is 8.56. The van der Waals surface area contributed by atoms with E-state index in [0.717, 1.165) is 25.7 Å². The van der Waals surface area contributed by atoms with Crippen molar-refractivity contribution in [3.05, 3.63) is 52.4 Å². The van der Waals surface area contributed by atoms with E-state index in [-0.39, 0.29) is 0 Å². The molecule has 1 saturated heterocycles. The summed E-state index contributed by atoms with van der Waals surface area (Å²) in [5.41, 5.74) is 8.88. The highest BCUT2D eigenvalue weighted by molar-refractivity contribution is 5.58. The Hall–Kier alpha value is -1.90. The molecule has 0 bridgehead atoms. The van der Waals surface area contributed by atoms with Gasteiger partial charge in [-0.1, -0.05) is 26.0 Å². The molecule has 4 rings (SSSR count). The second kappa shape index (κ2) is 7.02. The van der Waals surface area contributed by atoms with E-state index in [1.807, 2.05) is 0 Å². The lowest BCUT2D eigenvalue weighted by atomic mass is 9.90. The SMILES string of the molecule is Cc1cccc(N2CCN(C3=CC4=C3N(CCC(C)C)CCC4)C2)c1C. The Morgan fingerprint density at radius 1 is 1.04 bits per heavy atom. The fourth-order valence-electron chi connectivity index (χ4n) is 4.46. The summed E-state index contributed by atoms with van der Waals surface area (Å²) in [5, 5.41) is 0. The molecule has 3 nitrogen and oxygen atoms in total. The van der Waals surface area contributed by atoms with Crippen LogP contribution in [-0.2, 0) is 0 Å². The minimum atomic E-state index is 0.778. The van der Waals surface area contributed by atoms with Gasteiger partial charge in [-0.3, -0.25) is 0 Å². The van der Waals surface area contributed by atoms with Crippen molar-refractivity contribution in [2.45, 2.75) is 47.0 Å². The molecule has 0 N–H and O–H groups in total. The van der Waals surface area contributed by atoms with Gasteiger partial charge in [0.2, 0.25) is 0 Å². The van der Waals surface area contributed by atoms with Crippen LogP contribution in [0.2, 0.25) is 0 Å². The summed E-state index contributed by atoms with van der Waals surface area (Å²) in [5.74, 6) is 0.778. The number of aryl methyl sites for hydroxylation is 1. The van der Waals surface area contributed by atoms with E-state index in [1.54, 1.807) is 11.3 Å². The lowest BCUT2D eigenvalue weighted by Crippen LogP contribution is -2.39. The Kier molecular flexibility index (Phi) is 4.73. The Bertz CT molecular complexity index is 744. The molecule has 1 aromatic carbocycles. The first-order chi connectivity index (χ1) is 12.5. The molecule has 0 unspecified atom stereocenters. The zero-order valence-corrected chi connectivity index (χ0v) is 16.9. The van der Waals surface area contributed by atoms with Gasteiger partial charge in [0.25, 0.3) is 0 Å². The maximum absolute atomic E-state index is 2.66. The van der Waals surface area contributed by atoms with Crippen LogP contribution in [0.3, 0.4) is 0 Å². The minimum Gasteiger partial charge on any atom is -0.370 e. The second-order valence-electron chi connectivity index (χ2n) is 8.56. The van der Waals surface area contributed by atoms with Gasteiger partial charge in [0.15, 0.2) is 0 Å². The molecule has 3 heteroatoms. The van der Waals surface area contributed by atoms with Crippen LogP contribution in [0.25, 0.3) is 0 Å². The summed E-state index contributed by atoms with van der Waals surface area (Å²) in [4.78, 5) is 7.80. The molecule has 140 valence electrons. The van der Waals surface area contributed by atoms with E-state index >= 15 is 0 Å². The van der Waals surface area contributed by atoms with E-state index in [2.05, 4.69) is 66.7 Å². The zero-order valence-electron chi connectivity index (χ0n) is 16.9. The Labute approximate surface area is 159 Å². The number of hydrogen-bond acceptors (Lipinski definition) is 3. The highest BCUT2D eigenvalue weighted by Gasteiger charge is 2.34. The molecule has 1 aliphatic carbocycles. The summed E-state index contributed by atoms with van der Waals surface area (Å²) >= 11 is 0. The van der Waals surface area contributed by atoms with Gasteiger partial charge in [0.1, 0.15) is 0 Å². The van der Waals surface area contributed by atoms with E-state index < -0.39 is 0 Å². The van der Waals surface area contributed by atoms with Gasteiger partial charge in [-0.05, 0) is 67.9 Å². The monoisotopic (exact) mass is 351 g/mol. The number of rotatable bonds is 5. The normalized spacial score (nSPS) is 19.9. The van der Waals surface area contributed by atoms with Crippen LogP contribution in [0.4, 0.5) is 5.69 Å². The molecule has 0 radical (unpaired) electrons. The number of benzene rings is 1. The number of nitrogens with zero attached hydrogens (tertiary/aromatic N) is 3. The van der Waals surface area contributed by atoms with Gasteiger partial charge < -0.3 is 14.7 Å². The summed E-state index contributed by atoms with van der Waals surface area (Å²) in [7, 11) is 0. The maximum atomic E-state index is 2.66. The van der Waals surface area contributed by atoms with Gasteiger partial charge in [0, 0.05) is 31.9 Å². The molecular formula is C23H33N3. The number of hydrogen-bond donors (Lipinski definition) is 0. The smallest absolute Gasteiger partial charge is 0.0905 e. The van der Waals surface area contributed by atoms with Crippen molar-refractivity contribution in [3.63, 3.8) is 0 Å². The molecule has 3 aliphatic rings. The van der Waals surface area contributed by atoms with Crippen LogP contribution in [0, 0.1) is 19.8 Å². The van der Waals surface area contributed by atoms with Crippen molar-refractivity contribution < 1.29 is 0 Å². The third-order valence-electron chi connectivity index (χ3n) is 6.26. The summed E-state index contributed by atoms with van der Waals surface area (Å²) in [6, 6.07) is 6.69. The van der Waals surface area contributed by atoms with Gasteiger partial charge in [-0.15, -0.1) is 0 Å². The van der Waals surface area contributed by atoms with Gasteiger partial charge in [-0.25, -0.2) is 0 Å². The quantitative estimate of drug-likeness (QED) is 0.763. The topological polar surface area (TPSA) is 9.72 Å². The van der Waals surface area contributed by atoms with Crippen LogP contribution < -0.4 is 4.90 Å². The van der Waals surface area contributed by atoms with Crippen molar-refractivity contribution >= 4 is 5.69 Å². The molecule has 0 atom stereocenters. The Morgan fingerprint density at radius 3 is 2.65 bits per heavy atom. The molecule has 26 heavy (non-hydrogen) atoms. The number of anilines is 1. The van der Waals surface area contributed by atoms with Crippen molar-refractivity contribution in [1.29, 1.82) is 0 Å². The van der Waals surface area contributed by atoms with Crippen LogP contribution in [-0.4, -0.2) is 42.6 Å². The standard InChI is InChI=1S/C23H33N3/c1-17(2)10-12-24-11-6-8-20-15-22(23(20)24)26-14-13-25(16-26)21-9-5-7-18(3)19(21)4/h5,7,9,15,17H,6,8,10-14,16H2,1-4H3. The highest BCUT2D eigenvalue weighted by atomic mass is 15.4. The predicted octanol–water partition coefficient (Wildman–Crippen LogP) is 4.68. The molecule has 1 aromatic rings. The van der Waals surface area contributed by atoms with Crippen molar-refractivity contribution in [2.24, 2.45) is 5.92 Å². The molecule has 0 saturated carbocycles. The van der Waals surface area contributed by atoms with E-state index in [1.165, 1.54) is 54.9 Å². The van der Waals surface area contributed by atoms with Crippen LogP contribution in [0.1, 0.15) is 44.2 Å². The van der Waals surface area contributed by atoms with E-state index in [0.29, 0.717) is 0 Å². The van der Waals surface area contributed by atoms with E-state index in [9.17, 15) is 0 Å². The maximum Gasteiger partial charge on any atom is 0.0905 e. The van der Waals surface area contributed by atoms with Crippen LogP contribution in [0.15, 0.2) is 41.2 Å². The van der Waals surface area contributed by atoms with Crippen LogP contribution >= 0.6 is 0 Å². The molecule has 1 fully saturated rings. The first kappa shape index (κ1) is 17.5. The summed E-state index contributed by atoms with van der Waals surface area (Å²) in [6.45, 7) is 14.9. The largest absolute Gasteiger partial charge is 0.370 e. The lowest BCUT2D eigenvalue weighted by Gasteiger charge is -2.42. The molecule has 0 aromatic heterocycles. The molecule has 2 aliphatic heterocycles. The summed E-state index contributed by atoms with van der Waals surface area (Å²) < 4.78 is 0. The minimum absolute atomic E-state index is 0.778. The van der Waals surface area contributed by atoms with Crippen molar-refractivity contribution in [2.75, 3.05) is 37.7 Å². The zero-order chi connectivity index (χ0) is 18.3. The predicted molar refractivity (Wildman–Crippen MR) is 110 cm³/mol.